The van der Waals surface area contributed by atoms with E-state index >= 15 is 0 Å². The van der Waals surface area contributed by atoms with Crippen LogP contribution in [0.25, 0.3) is 0 Å². The lowest BCUT2D eigenvalue weighted by atomic mass is 10.1. The van der Waals surface area contributed by atoms with Crippen molar-refractivity contribution >= 4 is 34.0 Å². The van der Waals surface area contributed by atoms with Crippen molar-refractivity contribution in [2.24, 2.45) is 0 Å². The summed E-state index contributed by atoms with van der Waals surface area (Å²) in [4.78, 5) is 16.0. The van der Waals surface area contributed by atoms with E-state index in [0.717, 1.165) is 49.8 Å². The van der Waals surface area contributed by atoms with Crippen molar-refractivity contribution in [2.45, 2.75) is 51.0 Å². The minimum Gasteiger partial charge on any atom is -0.395 e. The summed E-state index contributed by atoms with van der Waals surface area (Å²) >= 11 is 3.50. The van der Waals surface area contributed by atoms with Gasteiger partial charge in [0.15, 0.2) is 0 Å². The van der Waals surface area contributed by atoms with Gasteiger partial charge in [0, 0.05) is 23.2 Å². The quantitative estimate of drug-likeness (QED) is 0.727. The molecule has 26 heavy (non-hydrogen) atoms. The Balaban J connectivity index is 1.68. The van der Waals surface area contributed by atoms with Crippen molar-refractivity contribution in [3.8, 4) is 6.07 Å². The topological polar surface area (TPSA) is 76.4 Å². The van der Waals surface area contributed by atoms with Gasteiger partial charge in [-0.15, -0.1) is 11.3 Å². The highest BCUT2D eigenvalue weighted by molar-refractivity contribution is 7.99. The van der Waals surface area contributed by atoms with Gasteiger partial charge in [-0.3, -0.25) is 9.69 Å². The van der Waals surface area contributed by atoms with Gasteiger partial charge in [0.25, 0.3) is 0 Å². The molecular weight excluding hydrogens is 366 g/mol. The maximum absolute atomic E-state index is 12.6. The number of hydrogen-bond donors (Lipinski definition) is 2. The van der Waals surface area contributed by atoms with Gasteiger partial charge in [-0.05, 0) is 49.8 Å². The monoisotopic (exact) mass is 393 g/mol. The molecule has 1 atom stereocenters. The zero-order valence-electron chi connectivity index (χ0n) is 15.1. The number of carbonyl (C=O) groups excluding carboxylic acids is 1. The summed E-state index contributed by atoms with van der Waals surface area (Å²) in [6, 6.07) is 2.67. The molecule has 3 rings (SSSR count). The molecule has 0 spiro atoms. The molecule has 0 saturated carbocycles. The van der Waals surface area contributed by atoms with Crippen molar-refractivity contribution in [3.63, 3.8) is 0 Å². The average Bonchev–Trinajstić information content (AvgIpc) is 2.81. The molecule has 1 aliphatic carbocycles. The second kappa shape index (κ2) is 9.75. The van der Waals surface area contributed by atoms with E-state index in [1.165, 1.54) is 17.1 Å². The summed E-state index contributed by atoms with van der Waals surface area (Å²) in [5, 5.41) is 22.7. The van der Waals surface area contributed by atoms with Crippen molar-refractivity contribution in [2.75, 3.05) is 36.5 Å². The normalized spacial score (nSPS) is 20.3. The number of hydrogen-bond acceptors (Lipinski definition) is 6. The van der Waals surface area contributed by atoms with Crippen LogP contribution in [0, 0.1) is 11.3 Å². The second-order valence-electron chi connectivity index (χ2n) is 6.99. The van der Waals surface area contributed by atoms with Crippen LogP contribution in [0.15, 0.2) is 0 Å². The fourth-order valence-electron chi connectivity index (χ4n) is 3.83. The van der Waals surface area contributed by atoms with Crippen LogP contribution >= 0.6 is 23.1 Å². The molecule has 0 bridgehead atoms. The van der Waals surface area contributed by atoms with Gasteiger partial charge in [0.1, 0.15) is 11.1 Å². The van der Waals surface area contributed by atoms with Crippen molar-refractivity contribution in [1.82, 2.24) is 4.90 Å². The Morgan fingerprint density at radius 1 is 1.31 bits per heavy atom. The minimum absolute atomic E-state index is 0.0607. The number of rotatable bonds is 6. The predicted octanol–water partition coefficient (Wildman–Crippen LogP) is 3.02. The van der Waals surface area contributed by atoms with Crippen LogP contribution in [0.1, 0.15) is 48.1 Å². The lowest BCUT2D eigenvalue weighted by molar-refractivity contribution is -0.117. The first kappa shape index (κ1) is 19.7. The van der Waals surface area contributed by atoms with Crippen LogP contribution in [0.5, 0.6) is 0 Å². The maximum Gasteiger partial charge on any atom is 0.239 e. The number of nitrogens with zero attached hydrogens (tertiary/aromatic N) is 2. The van der Waals surface area contributed by atoms with Gasteiger partial charge in [0.2, 0.25) is 5.91 Å². The summed E-state index contributed by atoms with van der Waals surface area (Å²) in [5.41, 5.74) is 1.82. The summed E-state index contributed by atoms with van der Waals surface area (Å²) in [5.74, 6) is 2.12. The van der Waals surface area contributed by atoms with Gasteiger partial charge < -0.3 is 10.4 Å². The number of thioether (sulfide) groups is 1. The van der Waals surface area contributed by atoms with Crippen molar-refractivity contribution in [1.29, 1.82) is 5.26 Å². The zero-order valence-corrected chi connectivity index (χ0v) is 16.8. The number of nitrogens with one attached hydrogen (secondary N) is 1. The third kappa shape index (κ3) is 4.80. The van der Waals surface area contributed by atoms with E-state index in [0.29, 0.717) is 23.2 Å². The van der Waals surface area contributed by atoms with Crippen LogP contribution < -0.4 is 5.32 Å². The molecule has 1 fully saturated rings. The van der Waals surface area contributed by atoms with Gasteiger partial charge in [-0.2, -0.15) is 17.0 Å². The molecule has 2 N–H and O–H groups in total. The van der Waals surface area contributed by atoms with Crippen LogP contribution in [0.3, 0.4) is 0 Å². The Labute approximate surface area is 163 Å². The largest absolute Gasteiger partial charge is 0.395 e. The SMILES string of the molecule is N#Cc1c(NC(=O)CN(CCO)[C@H]2CCCSC2)sc2c1CCCCC2. The summed E-state index contributed by atoms with van der Waals surface area (Å²) in [6.07, 6.45) is 7.70. The van der Waals surface area contributed by atoms with E-state index in [2.05, 4.69) is 16.3 Å². The van der Waals surface area contributed by atoms with Crippen LogP contribution in [-0.2, 0) is 17.6 Å². The molecule has 1 saturated heterocycles. The highest BCUT2D eigenvalue weighted by atomic mass is 32.2. The number of fused-ring (bicyclic) bond motifs is 1. The standard InChI is InChI=1S/C19H27N3O2S2/c20-11-16-15-6-2-1-3-7-17(15)26-19(16)21-18(24)12-22(8-9-23)14-5-4-10-25-13-14/h14,23H,1-10,12-13H2,(H,21,24)/t14-/m0/s1. The smallest absolute Gasteiger partial charge is 0.239 e. The van der Waals surface area contributed by atoms with Crippen LogP contribution in [0.2, 0.25) is 0 Å². The van der Waals surface area contributed by atoms with Gasteiger partial charge in [0.05, 0.1) is 18.7 Å². The molecule has 1 aromatic heterocycles. The van der Waals surface area contributed by atoms with Crippen LogP contribution in [-0.4, -0.2) is 53.2 Å². The average molecular weight is 394 g/mol. The summed E-state index contributed by atoms with van der Waals surface area (Å²) < 4.78 is 0. The molecule has 0 aromatic carbocycles. The predicted molar refractivity (Wildman–Crippen MR) is 108 cm³/mol. The number of anilines is 1. The van der Waals surface area contributed by atoms with E-state index in [9.17, 15) is 15.2 Å². The van der Waals surface area contributed by atoms with E-state index in [-0.39, 0.29) is 19.1 Å². The molecule has 0 radical (unpaired) electrons. The molecule has 142 valence electrons. The molecular formula is C19H27N3O2S2. The lowest BCUT2D eigenvalue weighted by Gasteiger charge is -2.33. The Morgan fingerprint density at radius 3 is 2.88 bits per heavy atom. The first-order valence-corrected chi connectivity index (χ1v) is 11.5. The van der Waals surface area contributed by atoms with E-state index in [1.807, 2.05) is 11.8 Å². The fraction of sp³-hybridized carbons (Fsp3) is 0.684. The number of aliphatic hydroxyl groups excluding tert-OH is 1. The fourth-order valence-corrected chi connectivity index (χ4v) is 6.27. The molecule has 2 aliphatic rings. The third-order valence-electron chi connectivity index (χ3n) is 5.17. The third-order valence-corrected chi connectivity index (χ3v) is 7.58. The van der Waals surface area contributed by atoms with Gasteiger partial charge in [-0.25, -0.2) is 0 Å². The highest BCUT2D eigenvalue weighted by Gasteiger charge is 2.25. The maximum atomic E-state index is 12.6. The van der Waals surface area contributed by atoms with E-state index in [4.69, 9.17) is 0 Å². The molecule has 5 nitrogen and oxygen atoms in total. The molecule has 1 amide bonds. The first-order chi connectivity index (χ1) is 12.7. The van der Waals surface area contributed by atoms with Crippen LogP contribution in [0.4, 0.5) is 5.00 Å². The lowest BCUT2D eigenvalue weighted by Crippen LogP contribution is -2.44. The Hall–Kier alpha value is -1.07. The zero-order chi connectivity index (χ0) is 18.4. The molecule has 1 aliphatic heterocycles. The second-order valence-corrected chi connectivity index (χ2v) is 9.25. The molecule has 7 heteroatoms. The van der Waals surface area contributed by atoms with E-state index < -0.39 is 0 Å². The Bertz CT molecular complexity index is 662. The summed E-state index contributed by atoms with van der Waals surface area (Å²) in [6.45, 7) is 0.856. The molecule has 1 aromatic rings. The highest BCUT2D eigenvalue weighted by Crippen LogP contribution is 2.37. The Morgan fingerprint density at radius 2 is 2.15 bits per heavy atom. The molecule has 0 unspecified atom stereocenters. The number of carbonyl (C=O) groups is 1. The minimum atomic E-state index is -0.0815. The van der Waals surface area contributed by atoms with Crippen molar-refractivity contribution in [3.05, 3.63) is 16.0 Å². The summed E-state index contributed by atoms with van der Waals surface area (Å²) in [7, 11) is 0. The van der Waals surface area contributed by atoms with Crippen molar-refractivity contribution < 1.29 is 9.90 Å². The van der Waals surface area contributed by atoms with E-state index in [1.54, 1.807) is 11.3 Å². The first-order valence-electron chi connectivity index (χ1n) is 9.50. The number of aryl methyl sites for hydroxylation is 1. The van der Waals surface area contributed by atoms with Gasteiger partial charge >= 0.3 is 0 Å². The number of aliphatic hydroxyl groups is 1. The van der Waals surface area contributed by atoms with Gasteiger partial charge in [-0.1, -0.05) is 6.42 Å². The number of nitriles is 1. The molecule has 2 heterocycles. The number of amides is 1. The number of thiophene rings is 1. The Kier molecular flexibility index (Phi) is 7.38.